The standard InChI is InChI=1S/C11H24N2/c1-6-13-7-10(9(2)3)12-8-11(13,4)5/h9-10,12H,6-8H2,1-5H3. The third-order valence-corrected chi connectivity index (χ3v) is 3.26. The van der Waals surface area contributed by atoms with Crippen molar-refractivity contribution in [2.45, 2.75) is 46.2 Å². The van der Waals surface area contributed by atoms with E-state index in [4.69, 9.17) is 0 Å². The Morgan fingerprint density at radius 2 is 2.08 bits per heavy atom. The van der Waals surface area contributed by atoms with E-state index in [0.717, 1.165) is 19.0 Å². The Balaban J connectivity index is 2.58. The van der Waals surface area contributed by atoms with Gasteiger partial charge >= 0.3 is 0 Å². The fourth-order valence-electron chi connectivity index (χ4n) is 2.05. The van der Waals surface area contributed by atoms with Crippen LogP contribution in [0.2, 0.25) is 0 Å². The monoisotopic (exact) mass is 184 g/mol. The van der Waals surface area contributed by atoms with Crippen molar-refractivity contribution >= 4 is 0 Å². The highest BCUT2D eigenvalue weighted by atomic mass is 15.3. The van der Waals surface area contributed by atoms with Crippen LogP contribution in [0.15, 0.2) is 0 Å². The zero-order valence-electron chi connectivity index (χ0n) is 9.72. The van der Waals surface area contributed by atoms with Crippen molar-refractivity contribution in [3.05, 3.63) is 0 Å². The van der Waals surface area contributed by atoms with Gasteiger partial charge in [-0.3, -0.25) is 4.90 Å². The van der Waals surface area contributed by atoms with Gasteiger partial charge in [-0.15, -0.1) is 0 Å². The van der Waals surface area contributed by atoms with Crippen LogP contribution < -0.4 is 5.32 Å². The Morgan fingerprint density at radius 1 is 1.46 bits per heavy atom. The topological polar surface area (TPSA) is 15.3 Å². The van der Waals surface area contributed by atoms with Crippen molar-refractivity contribution in [1.82, 2.24) is 10.2 Å². The van der Waals surface area contributed by atoms with E-state index in [-0.39, 0.29) is 0 Å². The van der Waals surface area contributed by atoms with Gasteiger partial charge in [-0.05, 0) is 26.3 Å². The highest BCUT2D eigenvalue weighted by Gasteiger charge is 2.33. The second kappa shape index (κ2) is 3.97. The van der Waals surface area contributed by atoms with Crippen molar-refractivity contribution in [2.24, 2.45) is 5.92 Å². The Hall–Kier alpha value is -0.0800. The molecule has 0 radical (unpaired) electrons. The van der Waals surface area contributed by atoms with E-state index >= 15 is 0 Å². The number of likely N-dealkylation sites (N-methyl/N-ethyl adjacent to an activating group) is 1. The van der Waals surface area contributed by atoms with E-state index < -0.39 is 0 Å². The molecular weight excluding hydrogens is 160 g/mol. The van der Waals surface area contributed by atoms with Crippen LogP contribution in [0.1, 0.15) is 34.6 Å². The number of hydrogen-bond acceptors (Lipinski definition) is 2. The van der Waals surface area contributed by atoms with Crippen molar-refractivity contribution in [3.63, 3.8) is 0 Å². The molecule has 1 rings (SSSR count). The zero-order chi connectivity index (χ0) is 10.1. The van der Waals surface area contributed by atoms with Gasteiger partial charge in [0.2, 0.25) is 0 Å². The van der Waals surface area contributed by atoms with Crippen LogP contribution >= 0.6 is 0 Å². The molecule has 1 aliphatic rings. The summed E-state index contributed by atoms with van der Waals surface area (Å²) in [6, 6.07) is 0.674. The molecule has 1 atom stereocenters. The van der Waals surface area contributed by atoms with Gasteiger partial charge < -0.3 is 5.32 Å². The van der Waals surface area contributed by atoms with Crippen molar-refractivity contribution in [2.75, 3.05) is 19.6 Å². The lowest BCUT2D eigenvalue weighted by molar-refractivity contribution is 0.0600. The van der Waals surface area contributed by atoms with E-state index in [1.807, 2.05) is 0 Å². The first-order chi connectivity index (χ1) is 5.97. The third-order valence-electron chi connectivity index (χ3n) is 3.26. The molecule has 1 aliphatic heterocycles. The molecule has 0 spiro atoms. The van der Waals surface area contributed by atoms with Gasteiger partial charge in [-0.1, -0.05) is 20.8 Å². The Morgan fingerprint density at radius 3 is 2.54 bits per heavy atom. The summed E-state index contributed by atoms with van der Waals surface area (Å²) in [4.78, 5) is 2.58. The molecule has 1 heterocycles. The minimum Gasteiger partial charge on any atom is -0.311 e. The van der Waals surface area contributed by atoms with Gasteiger partial charge in [0.15, 0.2) is 0 Å². The predicted octanol–water partition coefficient (Wildman–Crippen LogP) is 1.71. The zero-order valence-corrected chi connectivity index (χ0v) is 9.72. The number of hydrogen-bond donors (Lipinski definition) is 1. The van der Waals surface area contributed by atoms with Crippen LogP contribution in [0.5, 0.6) is 0 Å². The summed E-state index contributed by atoms with van der Waals surface area (Å²) in [5.74, 6) is 0.741. The first-order valence-electron chi connectivity index (χ1n) is 5.46. The normalized spacial score (nSPS) is 29.5. The first-order valence-corrected chi connectivity index (χ1v) is 5.46. The molecule has 1 saturated heterocycles. The van der Waals surface area contributed by atoms with Gasteiger partial charge in [-0.25, -0.2) is 0 Å². The molecule has 0 saturated carbocycles. The largest absolute Gasteiger partial charge is 0.311 e. The lowest BCUT2D eigenvalue weighted by Crippen LogP contribution is -2.62. The summed E-state index contributed by atoms with van der Waals surface area (Å²) in [6.07, 6.45) is 0. The highest BCUT2D eigenvalue weighted by molar-refractivity contribution is 4.93. The van der Waals surface area contributed by atoms with Gasteiger partial charge in [0.05, 0.1) is 0 Å². The van der Waals surface area contributed by atoms with Crippen LogP contribution in [-0.4, -0.2) is 36.1 Å². The summed E-state index contributed by atoms with van der Waals surface area (Å²) in [5.41, 5.74) is 0.333. The Labute approximate surface area is 82.7 Å². The molecular formula is C11H24N2. The maximum Gasteiger partial charge on any atom is 0.0278 e. The fraction of sp³-hybridized carbons (Fsp3) is 1.00. The van der Waals surface area contributed by atoms with Crippen LogP contribution in [-0.2, 0) is 0 Å². The minimum atomic E-state index is 0.333. The van der Waals surface area contributed by atoms with E-state index in [1.165, 1.54) is 6.54 Å². The summed E-state index contributed by atoms with van der Waals surface area (Å²) in [7, 11) is 0. The number of nitrogens with zero attached hydrogens (tertiary/aromatic N) is 1. The number of piperazine rings is 1. The molecule has 0 aliphatic carbocycles. The number of rotatable bonds is 2. The molecule has 1 N–H and O–H groups in total. The molecule has 0 aromatic heterocycles. The molecule has 1 unspecified atom stereocenters. The van der Waals surface area contributed by atoms with Gasteiger partial charge in [-0.2, -0.15) is 0 Å². The van der Waals surface area contributed by atoms with Crippen molar-refractivity contribution in [1.29, 1.82) is 0 Å². The molecule has 1 fully saturated rings. The van der Waals surface area contributed by atoms with Crippen LogP contribution in [0.3, 0.4) is 0 Å². The predicted molar refractivity (Wildman–Crippen MR) is 58.0 cm³/mol. The molecule has 0 bridgehead atoms. The highest BCUT2D eigenvalue weighted by Crippen LogP contribution is 2.20. The second-order valence-electron chi connectivity index (χ2n) is 5.08. The first kappa shape index (κ1) is 11.0. The smallest absolute Gasteiger partial charge is 0.0278 e. The van der Waals surface area contributed by atoms with Crippen LogP contribution in [0.25, 0.3) is 0 Å². The average molecular weight is 184 g/mol. The molecule has 2 heteroatoms. The van der Waals surface area contributed by atoms with E-state index in [9.17, 15) is 0 Å². The molecule has 2 nitrogen and oxygen atoms in total. The quantitative estimate of drug-likeness (QED) is 0.703. The summed E-state index contributed by atoms with van der Waals surface area (Å²) in [6.45, 7) is 15.0. The van der Waals surface area contributed by atoms with E-state index in [2.05, 4.69) is 44.8 Å². The van der Waals surface area contributed by atoms with Crippen molar-refractivity contribution in [3.8, 4) is 0 Å². The maximum absolute atomic E-state index is 3.63. The summed E-state index contributed by atoms with van der Waals surface area (Å²) >= 11 is 0. The average Bonchev–Trinajstić information content (AvgIpc) is 2.03. The van der Waals surface area contributed by atoms with Gasteiger partial charge in [0.25, 0.3) is 0 Å². The molecule has 0 aromatic rings. The van der Waals surface area contributed by atoms with Crippen molar-refractivity contribution < 1.29 is 0 Å². The van der Waals surface area contributed by atoms with E-state index in [1.54, 1.807) is 0 Å². The minimum absolute atomic E-state index is 0.333. The summed E-state index contributed by atoms with van der Waals surface area (Å²) in [5, 5.41) is 3.63. The Kier molecular flexibility index (Phi) is 3.36. The molecule has 13 heavy (non-hydrogen) atoms. The summed E-state index contributed by atoms with van der Waals surface area (Å²) < 4.78 is 0. The van der Waals surface area contributed by atoms with Crippen LogP contribution in [0, 0.1) is 5.92 Å². The lowest BCUT2D eigenvalue weighted by atomic mass is 9.93. The van der Waals surface area contributed by atoms with Gasteiger partial charge in [0, 0.05) is 24.7 Å². The maximum atomic E-state index is 3.63. The second-order valence-corrected chi connectivity index (χ2v) is 5.08. The van der Waals surface area contributed by atoms with Crippen LogP contribution in [0.4, 0.5) is 0 Å². The molecule has 0 aromatic carbocycles. The Bertz CT molecular complexity index is 163. The molecule has 78 valence electrons. The SMILES string of the molecule is CCN1CC(C(C)C)NCC1(C)C. The fourth-order valence-corrected chi connectivity index (χ4v) is 2.05. The van der Waals surface area contributed by atoms with E-state index in [0.29, 0.717) is 11.6 Å². The lowest BCUT2D eigenvalue weighted by Gasteiger charge is -2.46. The molecule has 0 amide bonds. The number of nitrogens with one attached hydrogen (secondary N) is 1. The third kappa shape index (κ3) is 2.44. The van der Waals surface area contributed by atoms with Gasteiger partial charge in [0.1, 0.15) is 0 Å².